The number of amides is 1. The van der Waals surface area contributed by atoms with Crippen LogP contribution in [0.15, 0.2) is 30.0 Å². The highest BCUT2D eigenvalue weighted by Crippen LogP contribution is 2.16. The summed E-state index contributed by atoms with van der Waals surface area (Å²) in [6.45, 7) is 0. The van der Waals surface area contributed by atoms with Crippen LogP contribution in [0.25, 0.3) is 6.08 Å². The highest BCUT2D eigenvalue weighted by atomic mass is 16.6. The molecule has 0 fully saturated rings. The molecular weight excluding hydrogens is 236 g/mol. The standard InChI is InChI=1S/C11H10N4O3/c1-14-9(10(16)13-11(14)12)6-7-3-2-4-8(5-7)15(17)18/h2-6H,1H3,(H2,12,13,16)/p+1/b9-6+. The first-order valence-corrected chi connectivity index (χ1v) is 5.12. The Balaban J connectivity index is 2.42. The number of nitrogens with two attached hydrogens (primary N) is 1. The first-order valence-electron chi connectivity index (χ1n) is 5.12. The minimum Gasteiger partial charge on any atom is -0.290 e. The number of hydrogen-bond acceptors (Lipinski definition) is 4. The van der Waals surface area contributed by atoms with Crippen molar-refractivity contribution in [2.45, 2.75) is 0 Å². The number of non-ortho nitro benzene ring substituents is 1. The van der Waals surface area contributed by atoms with E-state index in [0.29, 0.717) is 11.3 Å². The van der Waals surface area contributed by atoms with Gasteiger partial charge in [-0.3, -0.25) is 15.8 Å². The van der Waals surface area contributed by atoms with Gasteiger partial charge in [0.15, 0.2) is 5.70 Å². The van der Waals surface area contributed by atoms with Crippen molar-refractivity contribution in [1.82, 2.24) is 5.32 Å². The van der Waals surface area contributed by atoms with E-state index < -0.39 is 4.92 Å². The highest BCUT2D eigenvalue weighted by molar-refractivity contribution is 6.08. The minimum absolute atomic E-state index is 0.0256. The van der Waals surface area contributed by atoms with E-state index in [1.54, 1.807) is 25.3 Å². The molecule has 0 radical (unpaired) electrons. The number of nitro benzene ring substituents is 1. The van der Waals surface area contributed by atoms with E-state index in [2.05, 4.69) is 5.32 Å². The number of nitrogens with zero attached hydrogens (tertiary/aromatic N) is 2. The molecule has 2 rings (SSSR count). The zero-order chi connectivity index (χ0) is 13.3. The van der Waals surface area contributed by atoms with Gasteiger partial charge in [-0.25, -0.2) is 14.7 Å². The molecule has 0 spiro atoms. The van der Waals surface area contributed by atoms with Crippen LogP contribution in [0.1, 0.15) is 5.56 Å². The molecule has 0 aliphatic carbocycles. The van der Waals surface area contributed by atoms with Crippen molar-refractivity contribution < 1.29 is 14.3 Å². The van der Waals surface area contributed by atoms with Crippen molar-refractivity contribution in [2.24, 2.45) is 5.73 Å². The lowest BCUT2D eigenvalue weighted by molar-refractivity contribution is -0.432. The van der Waals surface area contributed by atoms with Crippen molar-refractivity contribution in [2.75, 3.05) is 7.05 Å². The fraction of sp³-hybridized carbons (Fsp3) is 0.0909. The summed E-state index contributed by atoms with van der Waals surface area (Å²) >= 11 is 0. The first kappa shape index (κ1) is 11.8. The number of carbonyl (C=O) groups is 1. The lowest BCUT2D eigenvalue weighted by atomic mass is 10.1. The summed E-state index contributed by atoms with van der Waals surface area (Å²) in [5.74, 6) is -0.0989. The van der Waals surface area contributed by atoms with Gasteiger partial charge in [-0.15, -0.1) is 0 Å². The summed E-state index contributed by atoms with van der Waals surface area (Å²) < 4.78 is 1.49. The van der Waals surface area contributed by atoms with E-state index in [4.69, 9.17) is 5.73 Å². The van der Waals surface area contributed by atoms with Crippen LogP contribution in [0.2, 0.25) is 0 Å². The van der Waals surface area contributed by atoms with Crippen LogP contribution in [0.5, 0.6) is 0 Å². The van der Waals surface area contributed by atoms with Crippen molar-refractivity contribution in [3.05, 3.63) is 45.6 Å². The maximum absolute atomic E-state index is 11.6. The Labute approximate surface area is 102 Å². The smallest absolute Gasteiger partial charge is 0.290 e. The van der Waals surface area contributed by atoms with Gasteiger partial charge in [-0.05, 0) is 11.6 Å². The van der Waals surface area contributed by atoms with Crippen LogP contribution in [0.3, 0.4) is 0 Å². The third-order valence-electron chi connectivity index (χ3n) is 2.58. The van der Waals surface area contributed by atoms with Gasteiger partial charge in [-0.2, -0.15) is 0 Å². The number of guanidine groups is 1. The first-order chi connectivity index (χ1) is 8.49. The van der Waals surface area contributed by atoms with Gasteiger partial charge in [0, 0.05) is 12.1 Å². The second-order valence-electron chi connectivity index (χ2n) is 3.78. The number of rotatable bonds is 2. The summed E-state index contributed by atoms with van der Waals surface area (Å²) in [4.78, 5) is 21.7. The summed E-state index contributed by atoms with van der Waals surface area (Å²) in [6, 6.07) is 6.02. The van der Waals surface area contributed by atoms with Gasteiger partial charge in [0.05, 0.1) is 12.0 Å². The fourth-order valence-corrected chi connectivity index (χ4v) is 1.59. The van der Waals surface area contributed by atoms with Gasteiger partial charge >= 0.3 is 11.9 Å². The molecule has 0 saturated carbocycles. The molecule has 1 amide bonds. The fourth-order valence-electron chi connectivity index (χ4n) is 1.59. The van der Waals surface area contributed by atoms with Gasteiger partial charge in [0.1, 0.15) is 0 Å². The molecule has 1 aliphatic heterocycles. The largest absolute Gasteiger partial charge is 0.356 e. The maximum Gasteiger partial charge on any atom is 0.356 e. The molecule has 0 bridgehead atoms. The van der Waals surface area contributed by atoms with Crippen LogP contribution in [-0.2, 0) is 4.79 Å². The summed E-state index contributed by atoms with van der Waals surface area (Å²) in [5.41, 5.74) is 6.43. The number of likely N-dealkylation sites (N-methyl/N-ethyl adjacent to an activating group) is 1. The van der Waals surface area contributed by atoms with E-state index in [1.807, 2.05) is 0 Å². The molecule has 92 valence electrons. The number of benzene rings is 1. The lowest BCUT2D eigenvalue weighted by Gasteiger charge is -1.97. The molecule has 1 aromatic rings. The Kier molecular flexibility index (Phi) is 2.80. The summed E-state index contributed by atoms with van der Waals surface area (Å²) in [7, 11) is 1.64. The molecule has 18 heavy (non-hydrogen) atoms. The molecule has 1 aliphatic rings. The van der Waals surface area contributed by atoms with Crippen LogP contribution in [0, 0.1) is 10.1 Å². The maximum atomic E-state index is 11.6. The van der Waals surface area contributed by atoms with E-state index in [1.165, 1.54) is 16.7 Å². The Bertz CT molecular complexity index is 604. The van der Waals surface area contributed by atoms with Crippen molar-refractivity contribution in [3.8, 4) is 0 Å². The van der Waals surface area contributed by atoms with E-state index in [0.717, 1.165) is 0 Å². The molecule has 0 atom stereocenters. The molecule has 1 heterocycles. The molecule has 0 saturated heterocycles. The van der Waals surface area contributed by atoms with E-state index in [-0.39, 0.29) is 17.6 Å². The zero-order valence-corrected chi connectivity index (χ0v) is 9.58. The molecule has 0 aromatic heterocycles. The average molecular weight is 247 g/mol. The normalized spacial score (nSPS) is 17.2. The number of nitrogens with one attached hydrogen (secondary N) is 1. The molecule has 1 aromatic carbocycles. The van der Waals surface area contributed by atoms with Crippen molar-refractivity contribution >= 4 is 23.6 Å². The van der Waals surface area contributed by atoms with Crippen molar-refractivity contribution in [1.29, 1.82) is 0 Å². The second kappa shape index (κ2) is 4.28. The Morgan fingerprint density at radius 1 is 1.50 bits per heavy atom. The highest BCUT2D eigenvalue weighted by Gasteiger charge is 2.28. The molecular formula is C11H11N4O3+. The molecule has 3 N–H and O–H groups in total. The topological polar surface area (TPSA) is 101 Å². The van der Waals surface area contributed by atoms with Gasteiger partial charge in [0.25, 0.3) is 5.69 Å². The third-order valence-corrected chi connectivity index (χ3v) is 2.58. The SMILES string of the molecule is C[N+]1=C(N)NC(=O)/C1=C\c1cccc([N+](=O)[O-])c1. The second-order valence-corrected chi connectivity index (χ2v) is 3.78. The predicted octanol–water partition coefficient (Wildman–Crippen LogP) is 0.0225. The minimum atomic E-state index is -0.485. The Hall–Kier alpha value is -2.70. The number of hydrogen-bond donors (Lipinski definition) is 2. The van der Waals surface area contributed by atoms with Gasteiger partial charge in [0.2, 0.25) is 0 Å². The quantitative estimate of drug-likeness (QED) is 0.333. The van der Waals surface area contributed by atoms with E-state index >= 15 is 0 Å². The molecule has 7 heteroatoms. The van der Waals surface area contributed by atoms with Crippen LogP contribution in [-0.4, -0.2) is 28.4 Å². The number of carbonyl (C=O) groups excluding carboxylic acids is 1. The summed E-state index contributed by atoms with van der Waals surface area (Å²) in [6.07, 6.45) is 1.54. The van der Waals surface area contributed by atoms with Crippen molar-refractivity contribution in [3.63, 3.8) is 0 Å². The van der Waals surface area contributed by atoms with Gasteiger partial charge in [-0.1, -0.05) is 12.1 Å². The lowest BCUT2D eigenvalue weighted by Crippen LogP contribution is -2.32. The molecule has 7 nitrogen and oxygen atoms in total. The van der Waals surface area contributed by atoms with Crippen LogP contribution in [0.4, 0.5) is 5.69 Å². The zero-order valence-electron chi connectivity index (χ0n) is 9.58. The van der Waals surface area contributed by atoms with Crippen LogP contribution >= 0.6 is 0 Å². The van der Waals surface area contributed by atoms with Crippen LogP contribution < -0.4 is 11.1 Å². The monoisotopic (exact) mass is 247 g/mol. The Morgan fingerprint density at radius 2 is 2.22 bits per heavy atom. The predicted molar refractivity (Wildman–Crippen MR) is 64.6 cm³/mol. The summed E-state index contributed by atoms with van der Waals surface area (Å²) in [5, 5.41) is 13.1. The average Bonchev–Trinajstić information content (AvgIpc) is 2.56. The van der Waals surface area contributed by atoms with Gasteiger partial charge < -0.3 is 0 Å². The Morgan fingerprint density at radius 3 is 2.78 bits per heavy atom. The van der Waals surface area contributed by atoms with E-state index in [9.17, 15) is 14.9 Å². The number of nitro groups is 1. The third kappa shape index (κ3) is 2.05. The molecule has 0 unspecified atom stereocenters.